The van der Waals surface area contributed by atoms with Gasteiger partial charge in [0.05, 0.1) is 6.61 Å². The van der Waals surface area contributed by atoms with Gasteiger partial charge in [0.15, 0.2) is 0 Å². The Morgan fingerprint density at radius 3 is 2.75 bits per heavy atom. The van der Waals surface area contributed by atoms with Gasteiger partial charge in [0.1, 0.15) is 0 Å². The molecule has 1 atom stereocenters. The second-order valence-electron chi connectivity index (χ2n) is 4.59. The van der Waals surface area contributed by atoms with Crippen molar-refractivity contribution in [3.8, 4) is 0 Å². The van der Waals surface area contributed by atoms with Crippen LogP contribution in [-0.2, 0) is 4.74 Å². The Balaban J connectivity index is 2.05. The summed E-state index contributed by atoms with van der Waals surface area (Å²) in [6, 6.07) is 0.469. The molecule has 16 heavy (non-hydrogen) atoms. The quantitative estimate of drug-likeness (QED) is 0.602. The molecule has 0 radical (unpaired) electrons. The first-order chi connectivity index (χ1) is 7.86. The summed E-state index contributed by atoms with van der Waals surface area (Å²) in [6.45, 7) is 6.36. The van der Waals surface area contributed by atoms with Crippen molar-refractivity contribution in [3.63, 3.8) is 0 Å². The van der Waals surface area contributed by atoms with Gasteiger partial charge in [-0.3, -0.25) is 0 Å². The summed E-state index contributed by atoms with van der Waals surface area (Å²) in [7, 11) is 1.76. The molecule has 0 amide bonds. The van der Waals surface area contributed by atoms with Gasteiger partial charge < -0.3 is 20.7 Å². The molecular formula is C12H27N3O. The number of ether oxygens (including phenoxy) is 1. The summed E-state index contributed by atoms with van der Waals surface area (Å²) in [6.07, 6.45) is 4.93. The number of likely N-dealkylation sites (tertiary alicyclic amines) is 1. The lowest BCUT2D eigenvalue weighted by molar-refractivity contribution is 0.159. The second-order valence-corrected chi connectivity index (χ2v) is 4.59. The highest BCUT2D eigenvalue weighted by molar-refractivity contribution is 4.70. The SMILES string of the molecule is COCC(CCCN)NCCN1CCCC1. The van der Waals surface area contributed by atoms with Crippen molar-refractivity contribution in [2.45, 2.75) is 31.7 Å². The highest BCUT2D eigenvalue weighted by Gasteiger charge is 2.12. The van der Waals surface area contributed by atoms with E-state index in [2.05, 4.69) is 10.2 Å². The van der Waals surface area contributed by atoms with Gasteiger partial charge in [-0.15, -0.1) is 0 Å². The third kappa shape index (κ3) is 5.80. The normalized spacial score (nSPS) is 19.1. The Morgan fingerprint density at radius 1 is 1.38 bits per heavy atom. The smallest absolute Gasteiger partial charge is 0.0615 e. The molecule has 4 heteroatoms. The molecule has 1 unspecified atom stereocenters. The van der Waals surface area contributed by atoms with Gasteiger partial charge in [-0.05, 0) is 45.3 Å². The zero-order chi connectivity index (χ0) is 11.6. The zero-order valence-corrected chi connectivity index (χ0v) is 10.6. The average Bonchev–Trinajstić information content (AvgIpc) is 2.79. The fraction of sp³-hybridized carbons (Fsp3) is 1.00. The van der Waals surface area contributed by atoms with Crippen LogP contribution in [0.3, 0.4) is 0 Å². The number of hydrogen-bond donors (Lipinski definition) is 2. The van der Waals surface area contributed by atoms with E-state index in [1.54, 1.807) is 7.11 Å². The topological polar surface area (TPSA) is 50.5 Å². The molecule has 0 aromatic carbocycles. The number of nitrogens with one attached hydrogen (secondary N) is 1. The van der Waals surface area contributed by atoms with Crippen molar-refractivity contribution in [2.75, 3.05) is 46.4 Å². The monoisotopic (exact) mass is 229 g/mol. The Morgan fingerprint density at radius 2 is 2.12 bits per heavy atom. The number of nitrogens with zero attached hydrogens (tertiary/aromatic N) is 1. The largest absolute Gasteiger partial charge is 0.383 e. The Labute approximate surface area is 99.5 Å². The molecule has 1 rings (SSSR count). The van der Waals surface area contributed by atoms with Crippen LogP contribution in [0, 0.1) is 0 Å². The number of hydrogen-bond acceptors (Lipinski definition) is 4. The number of rotatable bonds is 9. The summed E-state index contributed by atoms with van der Waals surface area (Å²) >= 11 is 0. The minimum atomic E-state index is 0.469. The molecule has 3 N–H and O–H groups in total. The first-order valence-corrected chi connectivity index (χ1v) is 6.51. The van der Waals surface area contributed by atoms with E-state index in [0.717, 1.165) is 32.5 Å². The maximum Gasteiger partial charge on any atom is 0.0615 e. The summed E-state index contributed by atoms with van der Waals surface area (Å²) in [5.74, 6) is 0. The zero-order valence-electron chi connectivity index (χ0n) is 10.6. The van der Waals surface area contributed by atoms with Gasteiger partial charge in [0, 0.05) is 26.2 Å². The molecule has 0 spiro atoms. The van der Waals surface area contributed by atoms with E-state index in [9.17, 15) is 0 Å². The maximum atomic E-state index is 5.52. The van der Waals surface area contributed by atoms with Gasteiger partial charge in [0.2, 0.25) is 0 Å². The minimum Gasteiger partial charge on any atom is -0.383 e. The van der Waals surface area contributed by atoms with E-state index in [1.807, 2.05) is 0 Å². The van der Waals surface area contributed by atoms with Crippen LogP contribution in [0.25, 0.3) is 0 Å². The van der Waals surface area contributed by atoms with Crippen molar-refractivity contribution in [1.82, 2.24) is 10.2 Å². The van der Waals surface area contributed by atoms with Crippen LogP contribution >= 0.6 is 0 Å². The van der Waals surface area contributed by atoms with Crippen LogP contribution < -0.4 is 11.1 Å². The molecule has 1 heterocycles. The van der Waals surface area contributed by atoms with E-state index in [1.165, 1.54) is 32.5 Å². The summed E-state index contributed by atoms with van der Waals surface area (Å²) in [5, 5.41) is 3.56. The van der Waals surface area contributed by atoms with Crippen LogP contribution in [-0.4, -0.2) is 57.4 Å². The molecule has 96 valence electrons. The number of nitrogens with two attached hydrogens (primary N) is 1. The summed E-state index contributed by atoms with van der Waals surface area (Å²) in [5.41, 5.74) is 5.52. The molecule has 1 aliphatic rings. The first-order valence-electron chi connectivity index (χ1n) is 6.51. The molecular weight excluding hydrogens is 202 g/mol. The summed E-state index contributed by atoms with van der Waals surface area (Å²) < 4.78 is 5.21. The average molecular weight is 229 g/mol. The van der Waals surface area contributed by atoms with Crippen LogP contribution in [0.1, 0.15) is 25.7 Å². The van der Waals surface area contributed by atoms with E-state index < -0.39 is 0 Å². The lowest BCUT2D eigenvalue weighted by Gasteiger charge is -2.20. The van der Waals surface area contributed by atoms with Crippen molar-refractivity contribution in [2.24, 2.45) is 5.73 Å². The molecule has 1 aliphatic heterocycles. The van der Waals surface area contributed by atoms with Gasteiger partial charge >= 0.3 is 0 Å². The van der Waals surface area contributed by atoms with Crippen molar-refractivity contribution < 1.29 is 4.74 Å². The van der Waals surface area contributed by atoms with Crippen LogP contribution in [0.5, 0.6) is 0 Å². The highest BCUT2D eigenvalue weighted by Crippen LogP contribution is 2.05. The van der Waals surface area contributed by atoms with Gasteiger partial charge in [-0.2, -0.15) is 0 Å². The van der Waals surface area contributed by atoms with Crippen molar-refractivity contribution >= 4 is 0 Å². The van der Waals surface area contributed by atoms with Gasteiger partial charge in [-0.1, -0.05) is 0 Å². The fourth-order valence-electron chi connectivity index (χ4n) is 2.24. The molecule has 1 saturated heterocycles. The first kappa shape index (κ1) is 13.9. The molecule has 0 aliphatic carbocycles. The lowest BCUT2D eigenvalue weighted by Crippen LogP contribution is -2.39. The van der Waals surface area contributed by atoms with E-state index in [-0.39, 0.29) is 0 Å². The Hall–Kier alpha value is -0.160. The van der Waals surface area contributed by atoms with E-state index in [4.69, 9.17) is 10.5 Å². The Bertz CT molecular complexity index is 160. The third-order valence-electron chi connectivity index (χ3n) is 3.18. The minimum absolute atomic E-state index is 0.469. The van der Waals surface area contributed by atoms with Crippen molar-refractivity contribution in [3.05, 3.63) is 0 Å². The van der Waals surface area contributed by atoms with E-state index >= 15 is 0 Å². The predicted molar refractivity (Wildman–Crippen MR) is 67.6 cm³/mol. The Kier molecular flexibility index (Phi) is 7.76. The van der Waals surface area contributed by atoms with E-state index in [0.29, 0.717) is 6.04 Å². The third-order valence-corrected chi connectivity index (χ3v) is 3.18. The van der Waals surface area contributed by atoms with Crippen LogP contribution in [0.15, 0.2) is 0 Å². The second kappa shape index (κ2) is 8.93. The summed E-state index contributed by atoms with van der Waals surface area (Å²) in [4.78, 5) is 2.53. The maximum absolute atomic E-state index is 5.52. The van der Waals surface area contributed by atoms with Gasteiger partial charge in [0.25, 0.3) is 0 Å². The molecule has 4 nitrogen and oxygen atoms in total. The molecule has 0 aromatic rings. The molecule has 0 aromatic heterocycles. The number of methoxy groups -OCH3 is 1. The van der Waals surface area contributed by atoms with Crippen LogP contribution in [0.4, 0.5) is 0 Å². The molecule has 0 saturated carbocycles. The van der Waals surface area contributed by atoms with Crippen molar-refractivity contribution in [1.29, 1.82) is 0 Å². The lowest BCUT2D eigenvalue weighted by atomic mass is 10.1. The predicted octanol–water partition coefficient (Wildman–Crippen LogP) is 0.426. The van der Waals surface area contributed by atoms with Crippen LogP contribution in [0.2, 0.25) is 0 Å². The fourth-order valence-corrected chi connectivity index (χ4v) is 2.24. The molecule has 1 fully saturated rings. The molecule has 0 bridgehead atoms. The van der Waals surface area contributed by atoms with Gasteiger partial charge in [-0.25, -0.2) is 0 Å². The standard InChI is InChI=1S/C12H27N3O/c1-16-11-12(5-4-6-13)14-7-10-15-8-2-3-9-15/h12,14H,2-11,13H2,1H3. The highest BCUT2D eigenvalue weighted by atomic mass is 16.5.